The quantitative estimate of drug-likeness (QED) is 0.232. The Morgan fingerprint density at radius 1 is 0.792 bits per heavy atom. The molecule has 0 radical (unpaired) electrons. The van der Waals surface area contributed by atoms with Gasteiger partial charge in [-0.25, -0.2) is 0 Å². The van der Waals surface area contributed by atoms with Gasteiger partial charge < -0.3 is 4.48 Å². The lowest BCUT2D eigenvalue weighted by Gasteiger charge is -2.30. The molecular weight excluding hydrogens is 294 g/mol. The van der Waals surface area contributed by atoms with E-state index in [4.69, 9.17) is 0 Å². The fourth-order valence-electron chi connectivity index (χ4n) is 3.30. The van der Waals surface area contributed by atoms with Crippen molar-refractivity contribution in [2.24, 2.45) is 0 Å². The number of rotatable bonds is 14. The number of carbonyl (C=O) groups is 1. The van der Waals surface area contributed by atoms with Gasteiger partial charge in [-0.3, -0.25) is 4.79 Å². The van der Waals surface area contributed by atoms with Gasteiger partial charge in [0, 0.05) is 11.1 Å². The molecule has 0 aliphatic rings. The summed E-state index contributed by atoms with van der Waals surface area (Å²) in [5.41, 5.74) is 2.08. The summed E-state index contributed by atoms with van der Waals surface area (Å²) in [6.45, 7) is 4.54. The number of aldehydes is 1. The highest BCUT2D eigenvalue weighted by Crippen LogP contribution is 2.14. The molecule has 0 unspecified atom stereocenters. The molecule has 136 valence electrons. The summed E-state index contributed by atoms with van der Waals surface area (Å²) in [5.74, 6) is 0. The van der Waals surface area contributed by atoms with Crippen LogP contribution in [0.2, 0.25) is 0 Å². The third kappa shape index (κ3) is 9.87. The lowest BCUT2D eigenvalue weighted by Crippen LogP contribution is -2.39. The van der Waals surface area contributed by atoms with Crippen LogP contribution in [-0.2, 0) is 6.54 Å². The van der Waals surface area contributed by atoms with Gasteiger partial charge in [0.25, 0.3) is 0 Å². The number of nitrogens with zero attached hydrogens (tertiary/aromatic N) is 1. The second kappa shape index (κ2) is 12.2. The largest absolute Gasteiger partial charge is 0.325 e. The molecule has 0 heterocycles. The Labute approximate surface area is 149 Å². The average Bonchev–Trinajstić information content (AvgIpc) is 2.57. The first kappa shape index (κ1) is 20.9. The summed E-state index contributed by atoms with van der Waals surface area (Å²) in [6, 6.07) is 8.01. The Balaban J connectivity index is 2.09. The van der Waals surface area contributed by atoms with E-state index >= 15 is 0 Å². The topological polar surface area (TPSA) is 17.1 Å². The van der Waals surface area contributed by atoms with Crippen molar-refractivity contribution in [2.75, 3.05) is 20.6 Å². The van der Waals surface area contributed by atoms with E-state index < -0.39 is 0 Å². The van der Waals surface area contributed by atoms with Crippen molar-refractivity contribution >= 4 is 6.29 Å². The van der Waals surface area contributed by atoms with Crippen LogP contribution in [-0.4, -0.2) is 31.4 Å². The highest BCUT2D eigenvalue weighted by atomic mass is 16.1. The molecule has 0 N–H and O–H groups in total. The number of hydrogen-bond donors (Lipinski definition) is 0. The molecule has 0 saturated carbocycles. The van der Waals surface area contributed by atoms with Crippen LogP contribution in [0.4, 0.5) is 0 Å². The smallest absolute Gasteiger partial charge is 0.150 e. The van der Waals surface area contributed by atoms with Crippen LogP contribution in [0.1, 0.15) is 87.1 Å². The minimum atomic E-state index is 0.763. The number of quaternary nitrogens is 1. The fraction of sp³-hybridized carbons (Fsp3) is 0.682. The van der Waals surface area contributed by atoms with Crippen molar-refractivity contribution in [3.05, 3.63) is 35.4 Å². The maximum atomic E-state index is 10.7. The molecule has 0 aromatic heterocycles. The first-order chi connectivity index (χ1) is 11.6. The van der Waals surface area contributed by atoms with E-state index in [9.17, 15) is 4.79 Å². The van der Waals surface area contributed by atoms with Crippen molar-refractivity contribution in [2.45, 2.75) is 77.7 Å². The van der Waals surface area contributed by atoms with Crippen LogP contribution in [0.5, 0.6) is 0 Å². The summed E-state index contributed by atoms with van der Waals surface area (Å²) in [5, 5.41) is 0. The molecule has 2 nitrogen and oxygen atoms in total. The van der Waals surface area contributed by atoms with Crippen LogP contribution in [0.15, 0.2) is 24.3 Å². The van der Waals surface area contributed by atoms with Gasteiger partial charge in [-0.1, -0.05) is 82.6 Å². The van der Waals surface area contributed by atoms with Gasteiger partial charge in [-0.2, -0.15) is 0 Å². The van der Waals surface area contributed by atoms with Crippen LogP contribution >= 0.6 is 0 Å². The molecule has 0 fully saturated rings. The van der Waals surface area contributed by atoms with Crippen molar-refractivity contribution in [1.29, 1.82) is 0 Å². The predicted molar refractivity (Wildman–Crippen MR) is 104 cm³/mol. The zero-order valence-corrected chi connectivity index (χ0v) is 16.2. The van der Waals surface area contributed by atoms with Crippen LogP contribution in [0.25, 0.3) is 0 Å². The number of unbranched alkanes of at least 4 members (excludes halogenated alkanes) is 9. The van der Waals surface area contributed by atoms with Crippen molar-refractivity contribution < 1.29 is 9.28 Å². The highest BCUT2D eigenvalue weighted by molar-refractivity contribution is 5.74. The number of benzene rings is 1. The highest BCUT2D eigenvalue weighted by Gasteiger charge is 2.15. The SMILES string of the molecule is CCCCCCCCCCCC[N+](C)(C)Cc1ccc(C=O)cc1. The molecular formula is C22H38NO+. The third-order valence-electron chi connectivity index (χ3n) is 4.84. The summed E-state index contributed by atoms with van der Waals surface area (Å²) in [4.78, 5) is 10.7. The van der Waals surface area contributed by atoms with E-state index in [1.807, 2.05) is 12.1 Å². The zero-order valence-electron chi connectivity index (χ0n) is 16.2. The Bertz CT molecular complexity index is 436. The second-order valence-corrected chi connectivity index (χ2v) is 7.86. The molecule has 0 atom stereocenters. The minimum absolute atomic E-state index is 0.763. The molecule has 1 aromatic rings. The molecule has 24 heavy (non-hydrogen) atoms. The fourth-order valence-corrected chi connectivity index (χ4v) is 3.30. The normalized spacial score (nSPS) is 11.6. The average molecular weight is 333 g/mol. The third-order valence-corrected chi connectivity index (χ3v) is 4.84. The van der Waals surface area contributed by atoms with Gasteiger partial charge in [-0.05, 0) is 12.8 Å². The van der Waals surface area contributed by atoms with Crippen LogP contribution in [0, 0.1) is 0 Å². The first-order valence-electron chi connectivity index (χ1n) is 9.93. The minimum Gasteiger partial charge on any atom is -0.325 e. The molecule has 0 aliphatic carbocycles. The van der Waals surface area contributed by atoms with Crippen molar-refractivity contribution in [3.63, 3.8) is 0 Å². The summed E-state index contributed by atoms with van der Waals surface area (Å²) in [7, 11) is 4.61. The van der Waals surface area contributed by atoms with Crippen LogP contribution in [0.3, 0.4) is 0 Å². The second-order valence-electron chi connectivity index (χ2n) is 7.86. The van der Waals surface area contributed by atoms with Gasteiger partial charge >= 0.3 is 0 Å². The molecule has 2 heteroatoms. The molecule has 0 spiro atoms. The summed E-state index contributed by atoms with van der Waals surface area (Å²) < 4.78 is 1.03. The monoisotopic (exact) mass is 332 g/mol. The lowest BCUT2D eigenvalue weighted by molar-refractivity contribution is -0.903. The first-order valence-corrected chi connectivity index (χ1v) is 9.93. The predicted octanol–water partition coefficient (Wildman–Crippen LogP) is 6.00. The molecule has 0 saturated heterocycles. The van der Waals surface area contributed by atoms with Crippen molar-refractivity contribution in [1.82, 2.24) is 0 Å². The Morgan fingerprint density at radius 3 is 1.79 bits per heavy atom. The lowest BCUT2D eigenvalue weighted by atomic mass is 10.1. The molecule has 0 amide bonds. The number of carbonyl (C=O) groups excluding carboxylic acids is 1. The van der Waals surface area contributed by atoms with Gasteiger partial charge in [0.1, 0.15) is 12.8 Å². The molecule has 1 aromatic carbocycles. The van der Waals surface area contributed by atoms with Gasteiger partial charge in [0.05, 0.1) is 20.6 Å². The maximum absolute atomic E-state index is 10.7. The van der Waals surface area contributed by atoms with Crippen molar-refractivity contribution in [3.8, 4) is 0 Å². The van der Waals surface area contributed by atoms with E-state index in [0.29, 0.717) is 0 Å². The standard InChI is InChI=1S/C22H38NO/c1-4-5-6-7-8-9-10-11-12-13-18-23(2,3)19-21-14-16-22(20-24)17-15-21/h14-17,20H,4-13,18-19H2,1-3H3/q+1. The molecule has 1 rings (SSSR count). The van der Waals surface area contributed by atoms with E-state index in [0.717, 1.165) is 22.9 Å². The Morgan fingerprint density at radius 2 is 1.29 bits per heavy atom. The van der Waals surface area contributed by atoms with E-state index in [1.165, 1.54) is 76.3 Å². The van der Waals surface area contributed by atoms with Gasteiger partial charge in [-0.15, -0.1) is 0 Å². The van der Waals surface area contributed by atoms with E-state index in [2.05, 4.69) is 33.2 Å². The number of hydrogen-bond acceptors (Lipinski definition) is 1. The van der Waals surface area contributed by atoms with E-state index in [1.54, 1.807) is 0 Å². The zero-order chi connectivity index (χ0) is 17.7. The summed E-state index contributed by atoms with van der Waals surface area (Å²) in [6.07, 6.45) is 14.8. The molecule has 0 aliphatic heterocycles. The molecule has 0 bridgehead atoms. The van der Waals surface area contributed by atoms with E-state index in [-0.39, 0.29) is 0 Å². The van der Waals surface area contributed by atoms with Crippen LogP contribution < -0.4 is 0 Å². The van der Waals surface area contributed by atoms with Gasteiger partial charge in [0.15, 0.2) is 0 Å². The Kier molecular flexibility index (Phi) is 10.7. The maximum Gasteiger partial charge on any atom is 0.150 e. The summed E-state index contributed by atoms with van der Waals surface area (Å²) >= 11 is 0. The van der Waals surface area contributed by atoms with Gasteiger partial charge in [0.2, 0.25) is 0 Å². The Hall–Kier alpha value is -1.15.